The van der Waals surface area contributed by atoms with Crippen LogP contribution in [0.2, 0.25) is 0 Å². The summed E-state index contributed by atoms with van der Waals surface area (Å²) in [4.78, 5) is 37.2. The monoisotopic (exact) mass is 415 g/mol. The Labute approximate surface area is 175 Å². The van der Waals surface area contributed by atoms with Crippen LogP contribution in [0.15, 0.2) is 54.6 Å². The van der Waals surface area contributed by atoms with Gasteiger partial charge >= 0.3 is 18.0 Å². The third-order valence-corrected chi connectivity index (χ3v) is 4.43. The minimum Gasteiger partial charge on any atom is -0.467 e. The van der Waals surface area contributed by atoms with E-state index >= 15 is 0 Å². The smallest absolute Gasteiger partial charge is 0.410 e. The summed E-state index contributed by atoms with van der Waals surface area (Å²) in [6.07, 6.45) is -1.85. The van der Waals surface area contributed by atoms with Crippen LogP contribution in [0.25, 0.3) is 0 Å². The highest BCUT2D eigenvalue weighted by atomic mass is 16.6. The van der Waals surface area contributed by atoms with Crippen molar-refractivity contribution >= 4 is 18.0 Å². The molecule has 8 nitrogen and oxygen atoms in total. The molecule has 30 heavy (non-hydrogen) atoms. The molecule has 8 heteroatoms. The maximum absolute atomic E-state index is 12.1. The molecule has 1 amide bonds. The number of amides is 1. The van der Waals surface area contributed by atoms with Gasteiger partial charge in [-0.25, -0.2) is 14.4 Å². The third kappa shape index (κ3) is 6.05. The van der Waals surface area contributed by atoms with Crippen LogP contribution in [0.3, 0.4) is 0 Å². The molecule has 0 aliphatic heterocycles. The van der Waals surface area contributed by atoms with Crippen LogP contribution in [-0.4, -0.2) is 54.8 Å². The summed E-state index contributed by atoms with van der Waals surface area (Å²) in [6.45, 7) is 1.81. The van der Waals surface area contributed by atoms with E-state index in [2.05, 4.69) is 0 Å². The van der Waals surface area contributed by atoms with Crippen LogP contribution < -0.4 is 4.74 Å². The van der Waals surface area contributed by atoms with E-state index in [1.54, 1.807) is 61.5 Å². The Morgan fingerprint density at radius 2 is 1.67 bits per heavy atom. The minimum atomic E-state index is -1.06. The maximum Gasteiger partial charge on any atom is 0.410 e. The summed E-state index contributed by atoms with van der Waals surface area (Å²) in [5.41, 5.74) is 0.908. The lowest BCUT2D eigenvalue weighted by molar-refractivity contribution is -0.147. The van der Waals surface area contributed by atoms with Crippen LogP contribution in [-0.2, 0) is 14.3 Å². The molecule has 0 spiro atoms. The first-order valence-corrected chi connectivity index (χ1v) is 9.40. The largest absolute Gasteiger partial charge is 0.467 e. The molecule has 0 heterocycles. The van der Waals surface area contributed by atoms with E-state index in [0.717, 1.165) is 4.90 Å². The minimum absolute atomic E-state index is 0.0921. The number of rotatable bonds is 8. The van der Waals surface area contributed by atoms with Crippen molar-refractivity contribution in [2.75, 3.05) is 20.8 Å². The normalized spacial score (nSPS) is 12.4. The van der Waals surface area contributed by atoms with Crippen molar-refractivity contribution < 1.29 is 33.7 Å². The van der Waals surface area contributed by atoms with Gasteiger partial charge in [0.15, 0.2) is 0 Å². The van der Waals surface area contributed by atoms with Crippen molar-refractivity contribution in [1.82, 2.24) is 4.90 Å². The zero-order chi connectivity index (χ0) is 22.1. The van der Waals surface area contributed by atoms with E-state index in [4.69, 9.17) is 14.2 Å². The molecule has 0 aliphatic rings. The fourth-order valence-corrected chi connectivity index (χ4v) is 2.75. The molecular formula is C22H25NO7. The summed E-state index contributed by atoms with van der Waals surface area (Å²) >= 11 is 0. The Morgan fingerprint density at radius 3 is 2.23 bits per heavy atom. The molecule has 2 unspecified atom stereocenters. The fourth-order valence-electron chi connectivity index (χ4n) is 2.75. The molecule has 2 rings (SSSR count). The lowest BCUT2D eigenvalue weighted by atomic mass is 10.0. The van der Waals surface area contributed by atoms with E-state index in [-0.39, 0.29) is 13.0 Å². The van der Waals surface area contributed by atoms with E-state index in [1.807, 2.05) is 0 Å². The van der Waals surface area contributed by atoms with Crippen LogP contribution in [0, 0.1) is 0 Å². The van der Waals surface area contributed by atoms with Crippen LogP contribution in [0.1, 0.15) is 35.4 Å². The molecule has 1 N–H and O–H groups in total. The summed E-state index contributed by atoms with van der Waals surface area (Å²) in [6, 6.07) is 13.8. The van der Waals surface area contributed by atoms with Crippen molar-refractivity contribution in [1.29, 1.82) is 0 Å². The predicted molar refractivity (Wildman–Crippen MR) is 108 cm³/mol. The van der Waals surface area contributed by atoms with Gasteiger partial charge < -0.3 is 19.3 Å². The lowest BCUT2D eigenvalue weighted by Crippen LogP contribution is -2.44. The number of esters is 2. The van der Waals surface area contributed by atoms with Crippen molar-refractivity contribution in [3.63, 3.8) is 0 Å². The first-order chi connectivity index (χ1) is 14.4. The molecule has 160 valence electrons. The average molecular weight is 415 g/mol. The second-order valence-corrected chi connectivity index (χ2v) is 6.42. The number of likely N-dealkylation sites (N-methyl/N-ethyl adjacent to an activating group) is 1. The molecule has 2 aromatic rings. The van der Waals surface area contributed by atoms with Crippen LogP contribution >= 0.6 is 0 Å². The predicted octanol–water partition coefficient (Wildman–Crippen LogP) is 2.96. The number of hydrogen-bond donors (Lipinski definition) is 1. The number of methoxy groups -OCH3 is 1. The summed E-state index contributed by atoms with van der Waals surface area (Å²) < 4.78 is 15.0. The first kappa shape index (κ1) is 22.9. The van der Waals surface area contributed by atoms with Gasteiger partial charge in [-0.1, -0.05) is 30.3 Å². The van der Waals surface area contributed by atoms with Gasteiger partial charge in [-0.05, 0) is 36.8 Å². The highest BCUT2D eigenvalue weighted by Crippen LogP contribution is 2.24. The number of carbonyl (C=O) groups is 3. The van der Waals surface area contributed by atoms with Gasteiger partial charge in [0.05, 0.1) is 25.4 Å². The molecule has 0 radical (unpaired) electrons. The van der Waals surface area contributed by atoms with E-state index in [9.17, 15) is 19.5 Å². The Balaban J connectivity index is 2.06. The number of aliphatic hydroxyl groups excluding tert-OH is 1. The van der Waals surface area contributed by atoms with Gasteiger partial charge in [0.25, 0.3) is 0 Å². The van der Waals surface area contributed by atoms with Gasteiger partial charge in [0, 0.05) is 13.5 Å². The Kier molecular flexibility index (Phi) is 8.37. The number of carbonyl (C=O) groups excluding carboxylic acids is 3. The van der Waals surface area contributed by atoms with Crippen molar-refractivity contribution in [2.24, 2.45) is 0 Å². The highest BCUT2D eigenvalue weighted by molar-refractivity contribution is 5.90. The van der Waals surface area contributed by atoms with Gasteiger partial charge in [-0.2, -0.15) is 0 Å². The van der Waals surface area contributed by atoms with E-state index < -0.39 is 30.2 Å². The van der Waals surface area contributed by atoms with Crippen LogP contribution in [0.4, 0.5) is 4.79 Å². The molecule has 0 aromatic heterocycles. The van der Waals surface area contributed by atoms with Gasteiger partial charge in [0.1, 0.15) is 11.8 Å². The van der Waals surface area contributed by atoms with Crippen LogP contribution in [0.5, 0.6) is 5.75 Å². The van der Waals surface area contributed by atoms with Crippen molar-refractivity contribution in [2.45, 2.75) is 25.5 Å². The summed E-state index contributed by atoms with van der Waals surface area (Å²) in [5, 5.41) is 10.6. The number of ether oxygens (including phenoxy) is 3. The second kappa shape index (κ2) is 11.0. The fraction of sp³-hybridized carbons (Fsp3) is 0.318. The molecule has 0 saturated heterocycles. The topological polar surface area (TPSA) is 102 Å². The maximum atomic E-state index is 12.1. The Morgan fingerprint density at radius 1 is 1.03 bits per heavy atom. The molecule has 0 saturated carbocycles. The molecule has 2 aromatic carbocycles. The van der Waals surface area contributed by atoms with Crippen molar-refractivity contribution in [3.8, 4) is 5.75 Å². The average Bonchev–Trinajstić information content (AvgIpc) is 2.77. The van der Waals surface area contributed by atoms with E-state index in [0.29, 0.717) is 16.9 Å². The van der Waals surface area contributed by atoms with Gasteiger partial charge in [-0.3, -0.25) is 4.90 Å². The number of aliphatic hydroxyl groups is 1. The molecular weight excluding hydrogens is 390 g/mol. The zero-order valence-electron chi connectivity index (χ0n) is 17.1. The number of hydrogen-bond acceptors (Lipinski definition) is 7. The molecule has 0 fully saturated rings. The SMILES string of the molecule is CCOC(=O)N(C)C(CC(O)c1ccc(OC(=O)c2ccccc2)cc1)C(=O)OC. The molecule has 0 bridgehead atoms. The number of nitrogens with zero attached hydrogens (tertiary/aromatic N) is 1. The molecule has 0 aliphatic carbocycles. The molecule has 2 atom stereocenters. The van der Waals surface area contributed by atoms with E-state index in [1.165, 1.54) is 14.2 Å². The summed E-state index contributed by atoms with van der Waals surface area (Å²) in [7, 11) is 2.61. The first-order valence-electron chi connectivity index (χ1n) is 9.40. The summed E-state index contributed by atoms with van der Waals surface area (Å²) in [5.74, 6) is -0.850. The second-order valence-electron chi connectivity index (χ2n) is 6.42. The standard InChI is InChI=1S/C22H25NO7/c1-4-29-22(27)23(2)18(21(26)28-3)14-19(24)15-10-12-17(13-11-15)30-20(25)16-8-6-5-7-9-16/h5-13,18-19,24H,4,14H2,1-3H3. The number of benzene rings is 2. The zero-order valence-corrected chi connectivity index (χ0v) is 17.1. The lowest BCUT2D eigenvalue weighted by Gasteiger charge is -2.27. The quantitative estimate of drug-likeness (QED) is 0.522. The highest BCUT2D eigenvalue weighted by Gasteiger charge is 2.31. The van der Waals surface area contributed by atoms with Gasteiger partial charge in [-0.15, -0.1) is 0 Å². The van der Waals surface area contributed by atoms with Gasteiger partial charge in [0.2, 0.25) is 0 Å². The third-order valence-electron chi connectivity index (χ3n) is 4.43. The van der Waals surface area contributed by atoms with Crippen molar-refractivity contribution in [3.05, 3.63) is 65.7 Å². The Hall–Kier alpha value is -3.39. The Bertz CT molecular complexity index is 852.